The number of hydrogen-bond donors (Lipinski definition) is 2. The maximum absolute atomic E-state index is 13.3. The summed E-state index contributed by atoms with van der Waals surface area (Å²) < 4.78 is 18.0. The molecule has 27 heavy (non-hydrogen) atoms. The van der Waals surface area contributed by atoms with Crippen molar-refractivity contribution in [1.29, 1.82) is 0 Å². The number of carbonyl (C=O) groups is 2. The lowest BCUT2D eigenvalue weighted by molar-refractivity contribution is -0.116. The number of H-pyrrole nitrogens is 1. The largest absolute Gasteiger partial charge is 0.465 e. The molecule has 2 aromatic carbocycles. The quantitative estimate of drug-likeness (QED) is 0.678. The van der Waals surface area contributed by atoms with Gasteiger partial charge in [0.1, 0.15) is 5.82 Å². The van der Waals surface area contributed by atoms with E-state index in [1.54, 1.807) is 30.3 Å². The molecule has 6 nitrogen and oxygen atoms in total. The van der Waals surface area contributed by atoms with Crippen molar-refractivity contribution in [1.82, 2.24) is 4.98 Å². The number of amides is 1. The van der Waals surface area contributed by atoms with Crippen molar-refractivity contribution < 1.29 is 18.7 Å². The van der Waals surface area contributed by atoms with E-state index in [1.165, 1.54) is 25.3 Å². The van der Waals surface area contributed by atoms with Crippen LogP contribution in [0.3, 0.4) is 0 Å². The minimum Gasteiger partial charge on any atom is -0.465 e. The van der Waals surface area contributed by atoms with Crippen LogP contribution in [0.5, 0.6) is 0 Å². The molecule has 0 saturated carbocycles. The lowest BCUT2D eigenvalue weighted by Crippen LogP contribution is -2.17. The summed E-state index contributed by atoms with van der Waals surface area (Å²) in [5.41, 5.74) is 1.56. The highest BCUT2D eigenvalue weighted by atomic mass is 19.1. The Morgan fingerprint density at radius 1 is 1.11 bits per heavy atom. The van der Waals surface area contributed by atoms with Crippen molar-refractivity contribution in [3.8, 4) is 0 Å². The van der Waals surface area contributed by atoms with Crippen molar-refractivity contribution in [3.63, 3.8) is 0 Å². The molecule has 7 heteroatoms. The molecule has 0 radical (unpaired) electrons. The van der Waals surface area contributed by atoms with Crippen LogP contribution in [0.2, 0.25) is 0 Å². The summed E-state index contributed by atoms with van der Waals surface area (Å²) in [5.74, 6) is -1.13. The standard InChI is InChI=1S/C20H17FN2O4/c1-27-20(26)12-2-6-16(7-3-12)22-18(24)9-4-13-10-14-11-15(21)5-8-17(14)23-19(13)25/h2-3,5-8,10-11H,4,9H2,1H3,(H,22,24)(H,23,25). The molecule has 0 aliphatic rings. The number of methoxy groups -OCH3 is 1. The minimum absolute atomic E-state index is 0.0860. The lowest BCUT2D eigenvalue weighted by Gasteiger charge is -2.07. The second kappa shape index (κ2) is 7.82. The monoisotopic (exact) mass is 368 g/mol. The van der Waals surface area contributed by atoms with Crippen molar-refractivity contribution in [3.05, 3.63) is 75.8 Å². The van der Waals surface area contributed by atoms with Gasteiger partial charge in [-0.1, -0.05) is 0 Å². The van der Waals surface area contributed by atoms with E-state index in [0.717, 1.165) is 0 Å². The van der Waals surface area contributed by atoms with Gasteiger partial charge in [0.2, 0.25) is 5.91 Å². The van der Waals surface area contributed by atoms with Crippen LogP contribution >= 0.6 is 0 Å². The van der Waals surface area contributed by atoms with Gasteiger partial charge in [-0.2, -0.15) is 0 Å². The number of aromatic nitrogens is 1. The molecule has 1 aromatic heterocycles. The first-order valence-corrected chi connectivity index (χ1v) is 8.26. The first kappa shape index (κ1) is 18.3. The summed E-state index contributed by atoms with van der Waals surface area (Å²) in [4.78, 5) is 38.3. The topological polar surface area (TPSA) is 88.3 Å². The van der Waals surface area contributed by atoms with Crippen LogP contribution in [0.1, 0.15) is 22.3 Å². The van der Waals surface area contributed by atoms with Crippen LogP contribution in [0.4, 0.5) is 10.1 Å². The number of halogens is 1. The minimum atomic E-state index is -0.458. The van der Waals surface area contributed by atoms with Gasteiger partial charge >= 0.3 is 5.97 Å². The average Bonchev–Trinajstić information content (AvgIpc) is 2.66. The number of hydrogen-bond acceptors (Lipinski definition) is 4. The average molecular weight is 368 g/mol. The fourth-order valence-corrected chi connectivity index (χ4v) is 2.69. The molecular weight excluding hydrogens is 351 g/mol. The number of carbonyl (C=O) groups excluding carboxylic acids is 2. The van der Waals surface area contributed by atoms with Crippen LogP contribution < -0.4 is 10.9 Å². The summed E-state index contributed by atoms with van der Waals surface area (Å²) in [6.45, 7) is 0. The molecule has 0 bridgehead atoms. The third-order valence-corrected chi connectivity index (χ3v) is 4.09. The maximum Gasteiger partial charge on any atom is 0.337 e. The Bertz CT molecular complexity index is 1060. The second-order valence-corrected chi connectivity index (χ2v) is 5.97. The van der Waals surface area contributed by atoms with Gasteiger partial charge in [0.25, 0.3) is 5.56 Å². The number of esters is 1. The fourth-order valence-electron chi connectivity index (χ4n) is 2.69. The summed E-state index contributed by atoms with van der Waals surface area (Å²) in [7, 11) is 1.29. The zero-order valence-corrected chi connectivity index (χ0v) is 14.5. The van der Waals surface area contributed by atoms with Gasteiger partial charge in [-0.3, -0.25) is 9.59 Å². The van der Waals surface area contributed by atoms with Crippen molar-refractivity contribution >= 4 is 28.5 Å². The number of nitrogens with one attached hydrogen (secondary N) is 2. The highest BCUT2D eigenvalue weighted by molar-refractivity contribution is 5.93. The van der Waals surface area contributed by atoms with E-state index in [4.69, 9.17) is 0 Å². The smallest absolute Gasteiger partial charge is 0.337 e. The molecule has 2 N–H and O–H groups in total. The molecule has 0 spiro atoms. The summed E-state index contributed by atoms with van der Waals surface area (Å²) in [5, 5.41) is 3.27. The first-order chi connectivity index (χ1) is 13.0. The van der Waals surface area contributed by atoms with E-state index in [1.807, 2.05) is 0 Å². The van der Waals surface area contributed by atoms with E-state index in [0.29, 0.717) is 27.7 Å². The van der Waals surface area contributed by atoms with Crippen LogP contribution in [0.15, 0.2) is 53.3 Å². The molecule has 0 fully saturated rings. The second-order valence-electron chi connectivity index (χ2n) is 5.97. The fraction of sp³-hybridized carbons (Fsp3) is 0.150. The Labute approximate surface area is 154 Å². The van der Waals surface area contributed by atoms with Crippen molar-refractivity contribution in [2.24, 2.45) is 0 Å². The van der Waals surface area contributed by atoms with E-state index in [2.05, 4.69) is 15.0 Å². The van der Waals surface area contributed by atoms with Gasteiger partial charge in [0, 0.05) is 28.6 Å². The van der Waals surface area contributed by atoms with E-state index < -0.39 is 11.8 Å². The lowest BCUT2D eigenvalue weighted by atomic mass is 10.1. The zero-order chi connectivity index (χ0) is 19.4. The van der Waals surface area contributed by atoms with E-state index in [9.17, 15) is 18.8 Å². The van der Waals surface area contributed by atoms with Gasteiger partial charge in [0.05, 0.1) is 12.7 Å². The third kappa shape index (κ3) is 4.38. The predicted molar refractivity (Wildman–Crippen MR) is 99.3 cm³/mol. The molecule has 3 aromatic rings. The van der Waals surface area contributed by atoms with Gasteiger partial charge in [-0.15, -0.1) is 0 Å². The highest BCUT2D eigenvalue weighted by Gasteiger charge is 2.09. The highest BCUT2D eigenvalue weighted by Crippen LogP contribution is 2.14. The number of aryl methyl sites for hydroxylation is 1. The molecule has 1 amide bonds. The Kier molecular flexibility index (Phi) is 5.30. The summed E-state index contributed by atoms with van der Waals surface area (Å²) >= 11 is 0. The van der Waals surface area contributed by atoms with Gasteiger partial charge in [0.15, 0.2) is 0 Å². The molecule has 138 valence electrons. The number of pyridine rings is 1. The van der Waals surface area contributed by atoms with Crippen LogP contribution in [0.25, 0.3) is 10.9 Å². The maximum atomic E-state index is 13.3. The van der Waals surface area contributed by atoms with Gasteiger partial charge in [-0.05, 0) is 55.0 Å². The van der Waals surface area contributed by atoms with E-state index >= 15 is 0 Å². The Morgan fingerprint density at radius 3 is 2.56 bits per heavy atom. The summed E-state index contributed by atoms with van der Waals surface area (Å²) in [6.07, 6.45) is 0.302. The number of rotatable bonds is 5. The zero-order valence-electron chi connectivity index (χ0n) is 14.5. The van der Waals surface area contributed by atoms with Crippen LogP contribution in [-0.4, -0.2) is 24.0 Å². The molecular formula is C20H17FN2O4. The van der Waals surface area contributed by atoms with Crippen LogP contribution in [0, 0.1) is 5.82 Å². The SMILES string of the molecule is COC(=O)c1ccc(NC(=O)CCc2cc3cc(F)ccc3[nH]c2=O)cc1. The normalized spacial score (nSPS) is 10.6. The molecule has 0 aliphatic heterocycles. The Morgan fingerprint density at radius 2 is 1.85 bits per heavy atom. The molecule has 0 saturated heterocycles. The number of fused-ring (bicyclic) bond motifs is 1. The summed E-state index contributed by atoms with van der Waals surface area (Å²) in [6, 6.07) is 12.0. The first-order valence-electron chi connectivity index (χ1n) is 8.26. The van der Waals surface area contributed by atoms with Crippen molar-refractivity contribution in [2.75, 3.05) is 12.4 Å². The van der Waals surface area contributed by atoms with E-state index in [-0.39, 0.29) is 24.3 Å². The number of aromatic amines is 1. The van der Waals surface area contributed by atoms with Gasteiger partial charge < -0.3 is 15.0 Å². The van der Waals surface area contributed by atoms with Crippen molar-refractivity contribution in [2.45, 2.75) is 12.8 Å². The van der Waals surface area contributed by atoms with Crippen LogP contribution in [-0.2, 0) is 16.0 Å². The molecule has 3 rings (SSSR count). The number of benzene rings is 2. The molecule has 1 heterocycles. The molecule has 0 aliphatic carbocycles. The molecule has 0 unspecified atom stereocenters. The third-order valence-electron chi connectivity index (χ3n) is 4.09. The molecule has 0 atom stereocenters. The Hall–Kier alpha value is -3.48. The van der Waals surface area contributed by atoms with Gasteiger partial charge in [-0.25, -0.2) is 9.18 Å². The number of ether oxygens (including phenoxy) is 1. The number of anilines is 1. The predicted octanol–water partition coefficient (Wildman–Crippen LogP) is 3.03. The Balaban J connectivity index is 1.65.